The lowest BCUT2D eigenvalue weighted by atomic mass is 9.28. The van der Waals surface area contributed by atoms with Crippen molar-refractivity contribution in [1.82, 2.24) is 0 Å². The first-order valence-electron chi connectivity index (χ1n) is 27.1. The van der Waals surface area contributed by atoms with Crippen LogP contribution < -0.4 is 0 Å². The quantitative estimate of drug-likeness (QED) is 0.0205. The standard InChI is InChI=1S/C52H107BO12/c1-6-9-12-13-14-15-16-17-18-19-20-23-51(65-40-21-10-7-2)53(50(63)37-35-47(60)32-30-45(58)27-25-42(5)55)52(64,39-38-48(61)33-28-43(56)22-11-8-3)49(62)36-34-46(59)31-29-44(57)26-24-41(4)54/h41-51,54-64H,6-40H2,1-5H3. The smallest absolute Gasteiger partial charge is 0.250 e. The molecule has 0 heterocycles. The van der Waals surface area contributed by atoms with E-state index in [2.05, 4.69) is 20.8 Å². The predicted molar refractivity (Wildman–Crippen MR) is 266 cm³/mol. The van der Waals surface area contributed by atoms with Gasteiger partial charge in [0.2, 0.25) is 6.71 Å². The van der Waals surface area contributed by atoms with Crippen molar-refractivity contribution in [2.24, 2.45) is 0 Å². The maximum atomic E-state index is 13.1. The minimum Gasteiger partial charge on any atom is -0.401 e. The molecule has 0 saturated heterocycles. The van der Waals surface area contributed by atoms with E-state index in [1.54, 1.807) is 13.8 Å². The first-order valence-corrected chi connectivity index (χ1v) is 27.1. The minimum absolute atomic E-state index is 0.00947. The number of ether oxygens (including phenoxy) is 1. The Morgan fingerprint density at radius 3 is 1.17 bits per heavy atom. The van der Waals surface area contributed by atoms with Crippen molar-refractivity contribution in [2.75, 3.05) is 6.61 Å². The summed E-state index contributed by atoms with van der Waals surface area (Å²) in [5.74, 6) is 0. The van der Waals surface area contributed by atoms with Gasteiger partial charge in [0.05, 0.1) is 60.4 Å². The molecular weight excluding hydrogens is 827 g/mol. The molecule has 0 aromatic heterocycles. The average Bonchev–Trinajstić information content (AvgIpc) is 3.27. The highest BCUT2D eigenvalue weighted by Crippen LogP contribution is 2.34. The Morgan fingerprint density at radius 1 is 0.369 bits per heavy atom. The topological polar surface area (TPSA) is 232 Å². The van der Waals surface area contributed by atoms with Gasteiger partial charge in [-0.05, 0) is 136 Å². The van der Waals surface area contributed by atoms with Crippen LogP contribution in [0.15, 0.2) is 0 Å². The summed E-state index contributed by atoms with van der Waals surface area (Å²) in [6.45, 7) is 9.15. The zero-order valence-corrected chi connectivity index (χ0v) is 42.5. The Morgan fingerprint density at radius 2 is 0.723 bits per heavy atom. The van der Waals surface area contributed by atoms with Crippen molar-refractivity contribution in [3.05, 3.63) is 0 Å². The molecule has 0 spiro atoms. The van der Waals surface area contributed by atoms with Crippen molar-refractivity contribution in [3.63, 3.8) is 0 Å². The normalized spacial score (nSPS) is 18.3. The van der Waals surface area contributed by atoms with E-state index in [0.717, 1.165) is 57.8 Å². The third-order valence-corrected chi connectivity index (χ3v) is 13.8. The Kier molecular flexibility index (Phi) is 41.1. The van der Waals surface area contributed by atoms with E-state index in [1.165, 1.54) is 44.9 Å². The van der Waals surface area contributed by atoms with Crippen molar-refractivity contribution in [2.45, 2.75) is 325 Å². The average molecular weight is 935 g/mol. The van der Waals surface area contributed by atoms with Gasteiger partial charge in [0.25, 0.3) is 0 Å². The number of hydrogen-bond donors (Lipinski definition) is 11. The van der Waals surface area contributed by atoms with Crippen LogP contribution in [-0.4, -0.2) is 142 Å². The van der Waals surface area contributed by atoms with Crippen molar-refractivity contribution < 1.29 is 60.9 Å². The first-order chi connectivity index (χ1) is 31.0. The highest BCUT2D eigenvalue weighted by Gasteiger charge is 2.53. The summed E-state index contributed by atoms with van der Waals surface area (Å²) in [6, 6.07) is -1.86. The van der Waals surface area contributed by atoms with Gasteiger partial charge in [-0.3, -0.25) is 0 Å². The van der Waals surface area contributed by atoms with Crippen LogP contribution in [0.5, 0.6) is 0 Å². The monoisotopic (exact) mass is 935 g/mol. The predicted octanol–water partition coefficient (Wildman–Crippen LogP) is 8.19. The van der Waals surface area contributed by atoms with E-state index in [1.807, 2.05) is 0 Å². The van der Waals surface area contributed by atoms with Crippen molar-refractivity contribution in [3.8, 4) is 0 Å². The number of aliphatic hydroxyl groups is 11. The van der Waals surface area contributed by atoms with E-state index in [4.69, 9.17) is 4.74 Å². The third kappa shape index (κ3) is 34.5. The van der Waals surface area contributed by atoms with E-state index in [9.17, 15) is 56.2 Å². The van der Waals surface area contributed by atoms with Gasteiger partial charge in [0.1, 0.15) is 0 Å². The van der Waals surface area contributed by atoms with E-state index in [0.29, 0.717) is 77.2 Å². The molecule has 65 heavy (non-hydrogen) atoms. The fourth-order valence-corrected chi connectivity index (χ4v) is 9.29. The molecule has 0 saturated carbocycles. The number of rotatable bonds is 48. The molecule has 12 nitrogen and oxygen atoms in total. The fraction of sp³-hybridized carbons (Fsp3) is 1.00. The lowest BCUT2D eigenvalue weighted by Crippen LogP contribution is -2.66. The molecule has 11 N–H and O–H groups in total. The maximum absolute atomic E-state index is 13.1. The zero-order chi connectivity index (χ0) is 48.9. The van der Waals surface area contributed by atoms with Crippen LogP contribution in [0.4, 0.5) is 0 Å². The second kappa shape index (κ2) is 41.4. The van der Waals surface area contributed by atoms with Crippen LogP contribution in [0.25, 0.3) is 0 Å². The highest BCUT2D eigenvalue weighted by atomic mass is 16.5. The molecule has 0 radical (unpaired) electrons. The number of aliphatic hydroxyl groups excluding tert-OH is 10. The van der Waals surface area contributed by atoms with Crippen LogP contribution in [0.3, 0.4) is 0 Å². The SMILES string of the molecule is CCCCCCCCCCCCCC(OCCCCC)B(C(O)CCC(O)CCC(O)CCC(C)O)C(O)(CCC(O)CCC(O)CCCC)C(O)CCC(O)CCC(O)CCC(C)O. The first kappa shape index (κ1) is 64.6. The van der Waals surface area contributed by atoms with Gasteiger partial charge in [0, 0.05) is 18.6 Å². The molecule has 0 bridgehead atoms. The summed E-state index contributed by atoms with van der Waals surface area (Å²) in [6.07, 6.45) is 15.6. The van der Waals surface area contributed by atoms with Gasteiger partial charge in [-0.2, -0.15) is 0 Å². The van der Waals surface area contributed by atoms with Gasteiger partial charge < -0.3 is 60.9 Å². The van der Waals surface area contributed by atoms with Gasteiger partial charge >= 0.3 is 0 Å². The molecule has 13 heteroatoms. The van der Waals surface area contributed by atoms with Crippen molar-refractivity contribution in [1.29, 1.82) is 0 Å². The molecule has 0 rings (SSSR count). The lowest BCUT2D eigenvalue weighted by molar-refractivity contribution is -0.0544. The molecule has 0 aromatic rings. The summed E-state index contributed by atoms with van der Waals surface area (Å²) < 4.78 is 6.66. The summed E-state index contributed by atoms with van der Waals surface area (Å²) >= 11 is 0. The van der Waals surface area contributed by atoms with Crippen LogP contribution >= 0.6 is 0 Å². The minimum atomic E-state index is -1.97. The molecule has 0 fully saturated rings. The molecule has 12 unspecified atom stereocenters. The number of hydrogen-bond acceptors (Lipinski definition) is 12. The Balaban J connectivity index is 6.58. The Hall–Kier alpha value is -0.415. The van der Waals surface area contributed by atoms with Gasteiger partial charge in [-0.25, -0.2) is 0 Å². The summed E-state index contributed by atoms with van der Waals surface area (Å²) in [7, 11) is 0. The van der Waals surface area contributed by atoms with Gasteiger partial charge in [-0.15, -0.1) is 0 Å². The molecule has 390 valence electrons. The Bertz CT molecular complexity index is 1030. The summed E-state index contributed by atoms with van der Waals surface area (Å²) in [4.78, 5) is 0. The second-order valence-corrected chi connectivity index (χ2v) is 20.4. The molecule has 0 aliphatic heterocycles. The van der Waals surface area contributed by atoms with Gasteiger partial charge in [0.15, 0.2) is 0 Å². The van der Waals surface area contributed by atoms with Crippen LogP contribution in [-0.2, 0) is 4.74 Å². The molecule has 12 atom stereocenters. The maximum Gasteiger partial charge on any atom is 0.250 e. The van der Waals surface area contributed by atoms with Crippen LogP contribution in [0.1, 0.15) is 253 Å². The zero-order valence-electron chi connectivity index (χ0n) is 42.5. The van der Waals surface area contributed by atoms with E-state index < -0.39 is 79.2 Å². The third-order valence-electron chi connectivity index (χ3n) is 13.8. The molecule has 0 aliphatic carbocycles. The molecule has 0 aromatic carbocycles. The lowest BCUT2D eigenvalue weighted by Gasteiger charge is -2.44. The molecule has 0 amide bonds. The number of unbranched alkanes of at least 4 members (excludes halogenated alkanes) is 13. The fourth-order valence-electron chi connectivity index (χ4n) is 9.29. The molecular formula is C52H107BO12. The van der Waals surface area contributed by atoms with Gasteiger partial charge in [-0.1, -0.05) is 117 Å². The van der Waals surface area contributed by atoms with Crippen molar-refractivity contribution >= 4 is 6.71 Å². The van der Waals surface area contributed by atoms with Crippen LogP contribution in [0.2, 0.25) is 0 Å². The van der Waals surface area contributed by atoms with E-state index >= 15 is 0 Å². The summed E-state index contributed by atoms with van der Waals surface area (Å²) in [5, 5.41) is 122. The Labute approximate surface area is 398 Å². The largest absolute Gasteiger partial charge is 0.401 e. The van der Waals surface area contributed by atoms with E-state index in [-0.39, 0.29) is 44.9 Å². The molecule has 0 aliphatic rings. The highest BCUT2D eigenvalue weighted by molar-refractivity contribution is 6.65. The second-order valence-electron chi connectivity index (χ2n) is 20.4. The van der Waals surface area contributed by atoms with Crippen LogP contribution in [0, 0.1) is 0 Å². The summed E-state index contributed by atoms with van der Waals surface area (Å²) in [5.41, 5.74) is -1.97.